The number of nitrogens with zero attached hydrogens (tertiary/aromatic N) is 1. The normalized spacial score (nSPS) is 10.5. The highest BCUT2D eigenvalue weighted by Crippen LogP contribution is 2.18. The van der Waals surface area contributed by atoms with Crippen LogP contribution in [-0.4, -0.2) is 10.9 Å². The molecule has 4 aromatic rings. The monoisotopic (exact) mass is 430 g/mol. The molecule has 2 heterocycles. The zero-order chi connectivity index (χ0) is 21.3. The average molecular weight is 431 g/mol. The molecule has 0 unspecified atom stereocenters. The molecule has 0 aliphatic carbocycles. The van der Waals surface area contributed by atoms with Crippen LogP contribution in [0.4, 0.5) is 0 Å². The molecule has 156 valence electrons. The molecule has 0 saturated heterocycles. The van der Waals surface area contributed by atoms with E-state index in [4.69, 9.17) is 9.47 Å². The third-order valence-electron chi connectivity index (χ3n) is 4.55. The van der Waals surface area contributed by atoms with Crippen LogP contribution in [0.1, 0.15) is 26.5 Å². The zero-order valence-corrected chi connectivity index (χ0v) is 17.7. The summed E-state index contributed by atoms with van der Waals surface area (Å²) in [4.78, 5) is 17.9. The number of carbonyl (C=O) groups excluding carboxylic acids is 1. The predicted octanol–water partition coefficient (Wildman–Crippen LogP) is 5.23. The van der Waals surface area contributed by atoms with E-state index in [0.29, 0.717) is 31.1 Å². The highest BCUT2D eigenvalue weighted by molar-refractivity contribution is 7.09. The number of rotatable bonds is 9. The molecular weight excluding hydrogens is 408 g/mol. The van der Waals surface area contributed by atoms with Gasteiger partial charge in [-0.15, -0.1) is 11.3 Å². The molecule has 1 amide bonds. The SMILES string of the molecule is O=C(NCc1ccc(OCc2ccccn2)cc1)c1cccc(OCc2cccs2)c1. The van der Waals surface area contributed by atoms with Crippen molar-refractivity contribution in [2.45, 2.75) is 19.8 Å². The van der Waals surface area contributed by atoms with Crippen LogP contribution in [-0.2, 0) is 19.8 Å². The van der Waals surface area contributed by atoms with Gasteiger partial charge in [0.15, 0.2) is 0 Å². The fourth-order valence-corrected chi connectivity index (χ4v) is 3.52. The summed E-state index contributed by atoms with van der Waals surface area (Å²) in [6.45, 7) is 1.35. The molecule has 1 N–H and O–H groups in total. The van der Waals surface area contributed by atoms with Crippen LogP contribution in [0.3, 0.4) is 0 Å². The molecule has 6 heteroatoms. The molecule has 0 fully saturated rings. The van der Waals surface area contributed by atoms with Gasteiger partial charge in [-0.3, -0.25) is 9.78 Å². The summed E-state index contributed by atoms with van der Waals surface area (Å²) >= 11 is 1.64. The molecule has 0 spiro atoms. The van der Waals surface area contributed by atoms with Crippen molar-refractivity contribution in [1.82, 2.24) is 10.3 Å². The van der Waals surface area contributed by atoms with Gasteiger partial charge in [0.25, 0.3) is 5.91 Å². The van der Waals surface area contributed by atoms with Gasteiger partial charge >= 0.3 is 0 Å². The van der Waals surface area contributed by atoms with Gasteiger partial charge < -0.3 is 14.8 Å². The van der Waals surface area contributed by atoms with Crippen molar-refractivity contribution in [2.75, 3.05) is 0 Å². The Kier molecular flexibility index (Phi) is 6.92. The fraction of sp³-hybridized carbons (Fsp3) is 0.120. The minimum atomic E-state index is -0.142. The quantitative estimate of drug-likeness (QED) is 0.395. The molecule has 0 bridgehead atoms. The van der Waals surface area contributed by atoms with Crippen molar-refractivity contribution < 1.29 is 14.3 Å². The summed E-state index contributed by atoms with van der Waals surface area (Å²) in [5.74, 6) is 1.30. The number of hydrogen-bond acceptors (Lipinski definition) is 5. The maximum absolute atomic E-state index is 12.5. The number of thiophene rings is 1. The highest BCUT2D eigenvalue weighted by Gasteiger charge is 2.07. The van der Waals surface area contributed by atoms with Crippen molar-refractivity contribution >= 4 is 17.2 Å². The van der Waals surface area contributed by atoms with E-state index in [-0.39, 0.29) is 5.91 Å². The second-order valence-corrected chi connectivity index (χ2v) is 7.86. The summed E-state index contributed by atoms with van der Waals surface area (Å²) < 4.78 is 11.5. The lowest BCUT2D eigenvalue weighted by molar-refractivity contribution is 0.0950. The summed E-state index contributed by atoms with van der Waals surface area (Å²) in [7, 11) is 0. The minimum Gasteiger partial charge on any atom is -0.488 e. The van der Waals surface area contributed by atoms with Gasteiger partial charge in [0, 0.05) is 23.2 Å². The lowest BCUT2D eigenvalue weighted by Crippen LogP contribution is -2.22. The second kappa shape index (κ2) is 10.4. The van der Waals surface area contributed by atoms with E-state index in [1.54, 1.807) is 29.7 Å². The maximum Gasteiger partial charge on any atom is 0.251 e. The van der Waals surface area contributed by atoms with Crippen LogP contribution in [0.2, 0.25) is 0 Å². The smallest absolute Gasteiger partial charge is 0.251 e. The number of benzene rings is 2. The topological polar surface area (TPSA) is 60.5 Å². The van der Waals surface area contributed by atoms with Gasteiger partial charge in [0.1, 0.15) is 24.7 Å². The molecule has 0 atom stereocenters. The van der Waals surface area contributed by atoms with E-state index < -0.39 is 0 Å². The van der Waals surface area contributed by atoms with E-state index in [1.165, 1.54) is 0 Å². The average Bonchev–Trinajstić information content (AvgIpc) is 3.35. The molecule has 0 saturated carbocycles. The number of pyridine rings is 1. The second-order valence-electron chi connectivity index (χ2n) is 6.83. The van der Waals surface area contributed by atoms with Crippen LogP contribution >= 0.6 is 11.3 Å². The Balaban J connectivity index is 1.26. The number of amides is 1. The van der Waals surface area contributed by atoms with Crippen molar-refractivity contribution in [3.63, 3.8) is 0 Å². The number of carbonyl (C=O) groups is 1. The Morgan fingerprint density at radius 2 is 1.74 bits per heavy atom. The lowest BCUT2D eigenvalue weighted by atomic mass is 10.2. The van der Waals surface area contributed by atoms with Gasteiger partial charge in [-0.1, -0.05) is 30.3 Å². The van der Waals surface area contributed by atoms with Crippen LogP contribution in [0.25, 0.3) is 0 Å². The van der Waals surface area contributed by atoms with Gasteiger partial charge in [-0.2, -0.15) is 0 Å². The molecule has 2 aromatic heterocycles. The van der Waals surface area contributed by atoms with Crippen LogP contribution in [0.5, 0.6) is 11.5 Å². The first-order valence-electron chi connectivity index (χ1n) is 9.91. The van der Waals surface area contributed by atoms with Gasteiger partial charge in [-0.05, 0) is 59.5 Å². The predicted molar refractivity (Wildman–Crippen MR) is 121 cm³/mol. The van der Waals surface area contributed by atoms with Crippen molar-refractivity contribution in [2.24, 2.45) is 0 Å². The summed E-state index contributed by atoms with van der Waals surface area (Å²) in [5, 5.41) is 4.96. The number of hydrogen-bond donors (Lipinski definition) is 1. The first-order valence-corrected chi connectivity index (χ1v) is 10.8. The van der Waals surface area contributed by atoms with E-state index in [2.05, 4.69) is 10.3 Å². The number of ether oxygens (including phenoxy) is 2. The molecule has 31 heavy (non-hydrogen) atoms. The first-order chi connectivity index (χ1) is 15.3. The Labute approximate surface area is 185 Å². The molecular formula is C25H22N2O3S. The molecule has 4 rings (SSSR count). The van der Waals surface area contributed by atoms with E-state index in [9.17, 15) is 4.79 Å². The summed E-state index contributed by atoms with van der Waals surface area (Å²) in [5.41, 5.74) is 2.43. The van der Waals surface area contributed by atoms with Crippen LogP contribution in [0, 0.1) is 0 Å². The van der Waals surface area contributed by atoms with Gasteiger partial charge in [0.2, 0.25) is 0 Å². The Hall–Kier alpha value is -3.64. The van der Waals surface area contributed by atoms with Gasteiger partial charge in [-0.25, -0.2) is 0 Å². The third kappa shape index (κ3) is 6.17. The van der Waals surface area contributed by atoms with Crippen LogP contribution < -0.4 is 14.8 Å². The lowest BCUT2D eigenvalue weighted by Gasteiger charge is -2.09. The fourth-order valence-electron chi connectivity index (χ4n) is 2.91. The van der Waals surface area contributed by atoms with Gasteiger partial charge in [0.05, 0.1) is 5.69 Å². The molecule has 2 aromatic carbocycles. The molecule has 0 radical (unpaired) electrons. The molecule has 0 aliphatic rings. The van der Waals surface area contributed by atoms with E-state index in [0.717, 1.165) is 21.9 Å². The standard InChI is InChI=1S/C25H22N2O3S/c28-25(20-5-3-7-23(15-20)30-18-24-8-4-14-31-24)27-16-19-9-11-22(12-10-19)29-17-21-6-1-2-13-26-21/h1-15H,16-18H2,(H,27,28). The number of aromatic nitrogens is 1. The summed E-state index contributed by atoms with van der Waals surface area (Å²) in [6.07, 6.45) is 1.75. The van der Waals surface area contributed by atoms with E-state index in [1.807, 2.05) is 72.1 Å². The molecule has 5 nitrogen and oxygen atoms in total. The summed E-state index contributed by atoms with van der Waals surface area (Å²) in [6, 6.07) is 24.6. The maximum atomic E-state index is 12.5. The highest BCUT2D eigenvalue weighted by atomic mass is 32.1. The Morgan fingerprint density at radius 1 is 0.871 bits per heavy atom. The van der Waals surface area contributed by atoms with Crippen molar-refractivity contribution in [3.8, 4) is 11.5 Å². The third-order valence-corrected chi connectivity index (χ3v) is 5.40. The van der Waals surface area contributed by atoms with E-state index >= 15 is 0 Å². The Morgan fingerprint density at radius 3 is 2.52 bits per heavy atom. The Bertz CT molecular complexity index is 1100. The van der Waals surface area contributed by atoms with Crippen LogP contribution in [0.15, 0.2) is 90.4 Å². The van der Waals surface area contributed by atoms with Crippen molar-refractivity contribution in [1.29, 1.82) is 0 Å². The first kappa shape index (κ1) is 20.6. The minimum absolute atomic E-state index is 0.142. The number of nitrogens with one attached hydrogen (secondary N) is 1. The molecule has 0 aliphatic heterocycles. The zero-order valence-electron chi connectivity index (χ0n) is 16.9. The largest absolute Gasteiger partial charge is 0.488 e. The van der Waals surface area contributed by atoms with Crippen molar-refractivity contribution in [3.05, 3.63) is 112 Å².